The molecule has 1 aliphatic rings. The maximum atomic E-state index is 11.9. The van der Waals surface area contributed by atoms with Gasteiger partial charge in [0.25, 0.3) is 0 Å². The molecule has 6 nitrogen and oxygen atoms in total. The second-order valence-corrected chi connectivity index (χ2v) is 6.16. The number of nitrogens with one attached hydrogen (secondary N) is 1. The minimum Gasteiger partial charge on any atom is -0.368 e. The summed E-state index contributed by atoms with van der Waals surface area (Å²) >= 11 is 1.36. The average molecular weight is 283 g/mol. The molecule has 2 rings (SSSR count). The SMILES string of the molecule is CC1CCC(NC(=O)CSc2nnc(N)n2C)CC1. The zero-order chi connectivity index (χ0) is 13.8. The molecule has 1 saturated carbocycles. The van der Waals surface area contributed by atoms with E-state index < -0.39 is 0 Å². The third-order valence-corrected chi connectivity index (χ3v) is 4.60. The molecule has 0 spiro atoms. The van der Waals surface area contributed by atoms with E-state index in [0.717, 1.165) is 18.8 Å². The molecular formula is C12H21N5OS. The normalized spacial score (nSPS) is 23.3. The molecular weight excluding hydrogens is 262 g/mol. The summed E-state index contributed by atoms with van der Waals surface area (Å²) in [7, 11) is 1.79. The van der Waals surface area contributed by atoms with Crippen molar-refractivity contribution in [2.45, 2.75) is 43.8 Å². The molecule has 19 heavy (non-hydrogen) atoms. The Balaban J connectivity index is 1.74. The number of thioether (sulfide) groups is 1. The molecule has 3 N–H and O–H groups in total. The number of carbonyl (C=O) groups excluding carboxylic acids is 1. The highest BCUT2D eigenvalue weighted by atomic mass is 32.2. The van der Waals surface area contributed by atoms with Gasteiger partial charge in [0.15, 0.2) is 5.16 Å². The maximum Gasteiger partial charge on any atom is 0.230 e. The van der Waals surface area contributed by atoms with Crippen LogP contribution in [0.2, 0.25) is 0 Å². The van der Waals surface area contributed by atoms with Gasteiger partial charge in [0.1, 0.15) is 0 Å². The van der Waals surface area contributed by atoms with Crippen LogP contribution >= 0.6 is 11.8 Å². The summed E-state index contributed by atoms with van der Waals surface area (Å²) in [5, 5.41) is 11.4. The fourth-order valence-corrected chi connectivity index (χ4v) is 2.98. The smallest absolute Gasteiger partial charge is 0.230 e. The van der Waals surface area contributed by atoms with Crippen LogP contribution in [0.3, 0.4) is 0 Å². The monoisotopic (exact) mass is 283 g/mol. The summed E-state index contributed by atoms with van der Waals surface area (Å²) in [6.07, 6.45) is 4.60. The van der Waals surface area contributed by atoms with Gasteiger partial charge in [0.05, 0.1) is 5.75 Å². The lowest BCUT2D eigenvalue weighted by molar-refractivity contribution is -0.119. The number of nitrogens with two attached hydrogens (primary N) is 1. The first kappa shape index (κ1) is 14.2. The first-order valence-electron chi connectivity index (χ1n) is 6.63. The number of anilines is 1. The van der Waals surface area contributed by atoms with Crippen molar-refractivity contribution in [1.82, 2.24) is 20.1 Å². The maximum absolute atomic E-state index is 11.9. The number of hydrogen-bond acceptors (Lipinski definition) is 5. The minimum absolute atomic E-state index is 0.0612. The lowest BCUT2D eigenvalue weighted by atomic mass is 9.87. The fourth-order valence-electron chi connectivity index (χ4n) is 2.26. The van der Waals surface area contributed by atoms with Crippen molar-refractivity contribution in [3.8, 4) is 0 Å². The lowest BCUT2D eigenvalue weighted by Crippen LogP contribution is -2.38. The van der Waals surface area contributed by atoms with Crippen molar-refractivity contribution >= 4 is 23.6 Å². The van der Waals surface area contributed by atoms with Gasteiger partial charge in [0.2, 0.25) is 11.9 Å². The zero-order valence-electron chi connectivity index (χ0n) is 11.4. The van der Waals surface area contributed by atoms with E-state index in [1.54, 1.807) is 11.6 Å². The number of hydrogen-bond donors (Lipinski definition) is 2. The lowest BCUT2D eigenvalue weighted by Gasteiger charge is -2.26. The van der Waals surface area contributed by atoms with E-state index >= 15 is 0 Å². The number of nitrogens with zero attached hydrogens (tertiary/aromatic N) is 3. The van der Waals surface area contributed by atoms with Crippen LogP contribution in [0.15, 0.2) is 5.16 Å². The topological polar surface area (TPSA) is 85.8 Å². The van der Waals surface area contributed by atoms with Gasteiger partial charge in [-0.3, -0.25) is 9.36 Å². The Morgan fingerprint density at radius 1 is 1.42 bits per heavy atom. The molecule has 0 aliphatic heterocycles. The van der Waals surface area contributed by atoms with Crippen molar-refractivity contribution in [2.24, 2.45) is 13.0 Å². The molecule has 0 saturated heterocycles. The quantitative estimate of drug-likeness (QED) is 0.811. The summed E-state index contributed by atoms with van der Waals surface area (Å²) in [6, 6.07) is 0.342. The van der Waals surface area contributed by atoms with E-state index in [-0.39, 0.29) is 5.91 Å². The predicted octanol–water partition coefficient (Wildman–Crippen LogP) is 1.18. The van der Waals surface area contributed by atoms with Gasteiger partial charge in [-0.1, -0.05) is 18.7 Å². The largest absolute Gasteiger partial charge is 0.368 e. The average Bonchev–Trinajstić information content (AvgIpc) is 2.70. The Bertz CT molecular complexity index is 439. The molecule has 106 valence electrons. The second kappa shape index (κ2) is 6.27. The number of rotatable bonds is 4. The standard InChI is InChI=1S/C12H21N5OS/c1-8-3-5-9(6-4-8)14-10(18)7-19-12-16-15-11(13)17(12)2/h8-9H,3-7H2,1-2H3,(H2,13,15)(H,14,18). The van der Waals surface area contributed by atoms with E-state index in [1.165, 1.54) is 24.6 Å². The van der Waals surface area contributed by atoms with Gasteiger partial charge in [0, 0.05) is 13.1 Å². The summed E-state index contributed by atoms with van der Waals surface area (Å²) in [6.45, 7) is 2.27. The molecule has 0 atom stereocenters. The molecule has 1 heterocycles. The molecule has 0 radical (unpaired) electrons. The van der Waals surface area contributed by atoms with E-state index in [2.05, 4.69) is 22.4 Å². The highest BCUT2D eigenvalue weighted by molar-refractivity contribution is 7.99. The number of amides is 1. The van der Waals surface area contributed by atoms with Crippen molar-refractivity contribution in [2.75, 3.05) is 11.5 Å². The van der Waals surface area contributed by atoms with E-state index in [4.69, 9.17) is 5.73 Å². The highest BCUT2D eigenvalue weighted by Crippen LogP contribution is 2.23. The van der Waals surface area contributed by atoms with Crippen LogP contribution in [0.5, 0.6) is 0 Å². The third-order valence-electron chi connectivity index (χ3n) is 3.58. The molecule has 0 aromatic carbocycles. The van der Waals surface area contributed by atoms with E-state index in [9.17, 15) is 4.79 Å². The molecule has 1 amide bonds. The molecule has 1 fully saturated rings. The van der Waals surface area contributed by atoms with Gasteiger partial charge in [-0.2, -0.15) is 0 Å². The van der Waals surface area contributed by atoms with Crippen LogP contribution < -0.4 is 11.1 Å². The summed E-state index contributed by atoms with van der Waals surface area (Å²) in [4.78, 5) is 11.9. The van der Waals surface area contributed by atoms with E-state index in [0.29, 0.717) is 22.9 Å². The highest BCUT2D eigenvalue weighted by Gasteiger charge is 2.20. The minimum atomic E-state index is 0.0612. The molecule has 7 heteroatoms. The van der Waals surface area contributed by atoms with Crippen molar-refractivity contribution in [3.63, 3.8) is 0 Å². The Hall–Kier alpha value is -1.24. The van der Waals surface area contributed by atoms with Gasteiger partial charge < -0.3 is 11.1 Å². The van der Waals surface area contributed by atoms with Gasteiger partial charge in [-0.25, -0.2) is 0 Å². The Morgan fingerprint density at radius 3 is 2.68 bits per heavy atom. The first-order valence-corrected chi connectivity index (χ1v) is 7.62. The second-order valence-electron chi connectivity index (χ2n) is 5.21. The summed E-state index contributed by atoms with van der Waals surface area (Å²) < 4.78 is 1.68. The van der Waals surface area contributed by atoms with Crippen LogP contribution in [0.1, 0.15) is 32.6 Å². The van der Waals surface area contributed by atoms with Crippen molar-refractivity contribution < 1.29 is 4.79 Å². The van der Waals surface area contributed by atoms with Crippen LogP contribution in [0.4, 0.5) is 5.95 Å². The first-order chi connectivity index (χ1) is 9.06. The van der Waals surface area contributed by atoms with Crippen LogP contribution in [0, 0.1) is 5.92 Å². The summed E-state index contributed by atoms with van der Waals surface area (Å²) in [5.74, 6) is 1.58. The van der Waals surface area contributed by atoms with Crippen LogP contribution in [-0.4, -0.2) is 32.5 Å². The Kier molecular flexibility index (Phi) is 4.68. The summed E-state index contributed by atoms with van der Waals surface area (Å²) in [5.41, 5.74) is 5.58. The van der Waals surface area contributed by atoms with Crippen LogP contribution in [-0.2, 0) is 11.8 Å². The Morgan fingerprint density at radius 2 is 2.11 bits per heavy atom. The van der Waals surface area contributed by atoms with Crippen molar-refractivity contribution in [3.05, 3.63) is 0 Å². The van der Waals surface area contributed by atoms with Gasteiger partial charge >= 0.3 is 0 Å². The molecule has 1 aromatic rings. The van der Waals surface area contributed by atoms with Gasteiger partial charge in [-0.15, -0.1) is 10.2 Å². The number of aromatic nitrogens is 3. The van der Waals surface area contributed by atoms with E-state index in [1.807, 2.05) is 0 Å². The zero-order valence-corrected chi connectivity index (χ0v) is 12.2. The predicted molar refractivity (Wildman–Crippen MR) is 75.7 cm³/mol. The molecule has 0 bridgehead atoms. The molecule has 1 aromatic heterocycles. The number of nitrogen functional groups attached to an aromatic ring is 1. The molecule has 1 aliphatic carbocycles. The van der Waals surface area contributed by atoms with Crippen molar-refractivity contribution in [1.29, 1.82) is 0 Å². The third kappa shape index (κ3) is 3.86. The Labute approximate surface area is 117 Å². The van der Waals surface area contributed by atoms with Gasteiger partial charge in [-0.05, 0) is 31.6 Å². The molecule has 0 unspecified atom stereocenters. The van der Waals surface area contributed by atoms with Crippen LogP contribution in [0.25, 0.3) is 0 Å². The number of carbonyl (C=O) groups is 1. The fraction of sp³-hybridized carbons (Fsp3) is 0.750.